The average Bonchev–Trinajstić information content (AvgIpc) is 3.72. The van der Waals surface area contributed by atoms with Gasteiger partial charge in [0.25, 0.3) is 5.91 Å². The number of aliphatic hydroxyl groups is 1. The van der Waals surface area contributed by atoms with Crippen LogP contribution in [0.25, 0.3) is 5.57 Å². The van der Waals surface area contributed by atoms with E-state index < -0.39 is 34.4 Å². The lowest BCUT2D eigenvalue weighted by Gasteiger charge is -2.31. The molecule has 2 aromatic rings. The van der Waals surface area contributed by atoms with Crippen LogP contribution in [0.5, 0.6) is 0 Å². The van der Waals surface area contributed by atoms with Crippen LogP contribution in [0.4, 0.5) is 10.5 Å². The maximum atomic E-state index is 14.2. The Hall–Kier alpha value is -3.49. The van der Waals surface area contributed by atoms with Crippen molar-refractivity contribution in [1.29, 1.82) is 0 Å². The van der Waals surface area contributed by atoms with Crippen LogP contribution in [0.2, 0.25) is 0 Å². The Kier molecular flexibility index (Phi) is 10.7. The topological polar surface area (TPSA) is 147 Å². The smallest absolute Gasteiger partial charge is 0.407 e. The van der Waals surface area contributed by atoms with Gasteiger partial charge in [-0.1, -0.05) is 44.2 Å². The number of hydrogen-bond donors (Lipinski definition) is 3. The van der Waals surface area contributed by atoms with Gasteiger partial charge < -0.3 is 34.9 Å². The number of ether oxygens (including phenoxy) is 3. The number of fused-ring (bicyclic) bond motifs is 2. The van der Waals surface area contributed by atoms with E-state index in [1.807, 2.05) is 63.1 Å². The summed E-state index contributed by atoms with van der Waals surface area (Å²) in [4.78, 5) is 27.7. The zero-order valence-electron chi connectivity index (χ0n) is 26.7. The summed E-state index contributed by atoms with van der Waals surface area (Å²) >= 11 is 0. The highest BCUT2D eigenvalue weighted by Gasteiger charge is 2.44. The minimum Gasteiger partial charge on any atom is -0.443 e. The van der Waals surface area contributed by atoms with Gasteiger partial charge in [0.05, 0.1) is 41.7 Å². The first-order chi connectivity index (χ1) is 22.0. The summed E-state index contributed by atoms with van der Waals surface area (Å²) in [6, 6.07) is 13.0. The molecular formula is C33H44N4O8S. The van der Waals surface area contributed by atoms with Gasteiger partial charge in [-0.25, -0.2) is 13.2 Å². The van der Waals surface area contributed by atoms with Crippen molar-refractivity contribution in [2.45, 2.75) is 63.0 Å². The van der Waals surface area contributed by atoms with Gasteiger partial charge >= 0.3 is 6.09 Å². The van der Waals surface area contributed by atoms with Gasteiger partial charge in [0.1, 0.15) is 6.10 Å². The standard InChI is InChI=1S/C33H44N4O8S/c1-5-36(4)18-26-25-16-23(11-12-27(25)34-31(26)39)46(41,42)37(17-21(2)3)19-29(38)28(15-22-9-7-6-8-10-22)35-33(40)45-30-20-44-32-24(30)13-14-43-32/h6-12,16,18,21,24,28-30,32,38H,5,13-15,17,19-20H2,1-4H3,(H,34,39)(H,35,40)/b26-18-/t24?,28-,29+,30-,32?/m0/s1. The number of alkyl carbamates (subject to hydrolysis) is 1. The fourth-order valence-electron chi connectivity index (χ4n) is 5.95. The molecule has 3 aliphatic heterocycles. The molecule has 3 N–H and O–H groups in total. The van der Waals surface area contributed by atoms with E-state index in [0.717, 1.165) is 12.0 Å². The highest BCUT2D eigenvalue weighted by molar-refractivity contribution is 7.89. The van der Waals surface area contributed by atoms with Crippen molar-refractivity contribution >= 4 is 33.3 Å². The number of benzene rings is 2. The van der Waals surface area contributed by atoms with E-state index in [0.29, 0.717) is 30.0 Å². The monoisotopic (exact) mass is 656 g/mol. The molecule has 5 rings (SSSR count). The molecule has 0 saturated carbocycles. The molecule has 0 bridgehead atoms. The Morgan fingerprint density at radius 3 is 2.65 bits per heavy atom. The Bertz CT molecular complexity index is 1530. The summed E-state index contributed by atoms with van der Waals surface area (Å²) in [5.41, 5.74) is 2.25. The SMILES string of the molecule is CCN(C)/C=C1\C(=O)Nc2ccc(S(=O)(=O)N(CC(C)C)C[C@@H](O)[C@H](Cc3ccccc3)NC(=O)O[C@H]3COC4OCCC43)cc21. The maximum absolute atomic E-state index is 14.2. The molecule has 250 valence electrons. The Morgan fingerprint density at radius 2 is 1.93 bits per heavy atom. The molecule has 5 atom stereocenters. The van der Waals surface area contributed by atoms with E-state index in [1.165, 1.54) is 16.4 Å². The molecule has 2 unspecified atom stereocenters. The number of carbonyl (C=O) groups excluding carboxylic acids is 2. The molecule has 0 spiro atoms. The highest BCUT2D eigenvalue weighted by atomic mass is 32.2. The number of rotatable bonds is 13. The number of nitrogens with one attached hydrogen (secondary N) is 2. The highest BCUT2D eigenvalue weighted by Crippen LogP contribution is 2.35. The number of hydrogen-bond acceptors (Lipinski definition) is 9. The Balaban J connectivity index is 1.37. The predicted octanol–water partition coefficient (Wildman–Crippen LogP) is 3.04. The second kappa shape index (κ2) is 14.5. The van der Waals surface area contributed by atoms with Crippen LogP contribution < -0.4 is 10.6 Å². The quantitative estimate of drug-likeness (QED) is 0.277. The number of carbonyl (C=O) groups is 2. The molecule has 2 aromatic carbocycles. The van der Waals surface area contributed by atoms with E-state index in [9.17, 15) is 23.1 Å². The summed E-state index contributed by atoms with van der Waals surface area (Å²) in [6.07, 6.45) is -0.192. The van der Waals surface area contributed by atoms with Crippen molar-refractivity contribution in [3.63, 3.8) is 0 Å². The molecule has 2 amide bonds. The number of nitrogens with zero attached hydrogens (tertiary/aromatic N) is 2. The van der Waals surface area contributed by atoms with E-state index in [-0.39, 0.29) is 55.0 Å². The van der Waals surface area contributed by atoms with Gasteiger partial charge in [-0.15, -0.1) is 0 Å². The van der Waals surface area contributed by atoms with Crippen molar-refractivity contribution in [2.75, 3.05) is 45.2 Å². The van der Waals surface area contributed by atoms with Crippen LogP contribution in [0.3, 0.4) is 0 Å². The van der Waals surface area contributed by atoms with Gasteiger partial charge in [0.2, 0.25) is 10.0 Å². The Morgan fingerprint density at radius 1 is 1.17 bits per heavy atom. The van der Waals surface area contributed by atoms with Crippen LogP contribution in [-0.4, -0.2) is 99.2 Å². The van der Waals surface area contributed by atoms with E-state index in [1.54, 1.807) is 12.3 Å². The van der Waals surface area contributed by atoms with Crippen LogP contribution in [-0.2, 0) is 35.4 Å². The lowest BCUT2D eigenvalue weighted by Crippen LogP contribution is -2.51. The van der Waals surface area contributed by atoms with Crippen molar-refractivity contribution in [2.24, 2.45) is 11.8 Å². The number of anilines is 1. The zero-order valence-corrected chi connectivity index (χ0v) is 27.5. The molecule has 13 heteroatoms. The maximum Gasteiger partial charge on any atom is 0.407 e. The summed E-state index contributed by atoms with van der Waals surface area (Å²) in [5, 5.41) is 17.2. The minimum absolute atomic E-state index is 0.00204. The van der Waals surface area contributed by atoms with Gasteiger partial charge in [-0.05, 0) is 49.4 Å². The molecule has 0 radical (unpaired) electrons. The lowest BCUT2D eigenvalue weighted by molar-refractivity contribution is -0.110. The van der Waals surface area contributed by atoms with Gasteiger partial charge in [-0.3, -0.25) is 4.79 Å². The summed E-state index contributed by atoms with van der Waals surface area (Å²) < 4.78 is 46.4. The molecule has 46 heavy (non-hydrogen) atoms. The number of amides is 2. The van der Waals surface area contributed by atoms with Gasteiger partial charge in [-0.2, -0.15) is 4.31 Å². The Labute approximate surface area is 270 Å². The molecule has 3 heterocycles. The first-order valence-corrected chi connectivity index (χ1v) is 17.2. The van der Waals surface area contributed by atoms with Crippen LogP contribution in [0.15, 0.2) is 59.6 Å². The van der Waals surface area contributed by atoms with Crippen LogP contribution >= 0.6 is 0 Å². The lowest BCUT2D eigenvalue weighted by atomic mass is 10.0. The molecule has 2 fully saturated rings. The third kappa shape index (κ3) is 7.72. The fourth-order valence-corrected chi connectivity index (χ4v) is 7.60. The zero-order chi connectivity index (χ0) is 33.0. The van der Waals surface area contributed by atoms with Gasteiger partial charge in [0.15, 0.2) is 6.29 Å². The molecular weight excluding hydrogens is 612 g/mol. The predicted molar refractivity (Wildman–Crippen MR) is 172 cm³/mol. The summed E-state index contributed by atoms with van der Waals surface area (Å²) in [7, 11) is -2.30. The number of aliphatic hydroxyl groups excluding tert-OH is 1. The van der Waals surface area contributed by atoms with Crippen molar-refractivity contribution < 1.29 is 37.3 Å². The molecule has 12 nitrogen and oxygen atoms in total. The molecule has 3 aliphatic rings. The summed E-state index contributed by atoms with van der Waals surface area (Å²) in [5.74, 6) is -0.422. The van der Waals surface area contributed by atoms with E-state index in [4.69, 9.17) is 14.2 Å². The normalized spacial score (nSPS) is 22.9. The minimum atomic E-state index is -4.13. The summed E-state index contributed by atoms with van der Waals surface area (Å²) in [6.45, 7) is 7.01. The van der Waals surface area contributed by atoms with Crippen LogP contribution in [0.1, 0.15) is 38.3 Å². The first kappa shape index (κ1) is 33.9. The molecule has 0 aromatic heterocycles. The van der Waals surface area contributed by atoms with Crippen LogP contribution in [0, 0.1) is 11.8 Å². The first-order valence-electron chi connectivity index (χ1n) is 15.8. The largest absolute Gasteiger partial charge is 0.443 e. The van der Waals surface area contributed by atoms with E-state index >= 15 is 0 Å². The third-order valence-corrected chi connectivity index (χ3v) is 10.4. The van der Waals surface area contributed by atoms with Crippen molar-refractivity contribution in [3.05, 3.63) is 65.9 Å². The van der Waals surface area contributed by atoms with E-state index in [2.05, 4.69) is 10.6 Å². The molecule has 2 saturated heterocycles. The van der Waals surface area contributed by atoms with Crippen molar-refractivity contribution in [1.82, 2.24) is 14.5 Å². The second-order valence-electron chi connectivity index (χ2n) is 12.5. The number of sulfonamides is 1. The third-order valence-electron chi connectivity index (χ3n) is 8.53. The van der Waals surface area contributed by atoms with Gasteiger partial charge in [0, 0.05) is 44.1 Å². The second-order valence-corrected chi connectivity index (χ2v) is 14.4. The molecule has 0 aliphatic carbocycles. The fraction of sp³-hybridized carbons (Fsp3) is 0.515. The average molecular weight is 657 g/mol. The van der Waals surface area contributed by atoms with Crippen molar-refractivity contribution in [3.8, 4) is 0 Å².